The minimum absolute atomic E-state index is 0.832. The smallest absolute Gasteiger partial charge is 0.143 e. The zero-order valence-electron chi connectivity index (χ0n) is 47.9. The first-order valence-corrected chi connectivity index (χ1v) is 28.7. The summed E-state index contributed by atoms with van der Waals surface area (Å²) in [7, 11) is 0. The first-order chi connectivity index (χ1) is 42.0. The van der Waals surface area contributed by atoms with Gasteiger partial charge in [0.25, 0.3) is 0 Å². The Morgan fingerprint density at radius 2 is 0.894 bits per heavy atom. The van der Waals surface area contributed by atoms with Crippen molar-refractivity contribution in [3.63, 3.8) is 0 Å². The topological polar surface area (TPSA) is 87.5 Å². The Labute approximate surface area is 494 Å². The van der Waals surface area contributed by atoms with Gasteiger partial charge in [0, 0.05) is 86.3 Å². The van der Waals surface area contributed by atoms with E-state index in [0.717, 1.165) is 139 Å². The number of rotatable bonds is 9. The lowest BCUT2D eigenvalue weighted by atomic mass is 9.96. The molecule has 15 rings (SSSR count). The normalized spacial score (nSPS) is 11.2. The van der Waals surface area contributed by atoms with E-state index in [-0.39, 0.29) is 0 Å². The highest BCUT2D eigenvalue weighted by Gasteiger charge is 2.21. The maximum absolute atomic E-state index is 6.82. The summed E-state index contributed by atoms with van der Waals surface area (Å²) >= 11 is 0. The summed E-state index contributed by atoms with van der Waals surface area (Å²) in [6.07, 6.45) is 18.7. The molecule has 15 aromatic rings. The van der Waals surface area contributed by atoms with Crippen LogP contribution in [0.25, 0.3) is 133 Å². The largest absolute Gasteiger partial charge is 0.455 e. The number of para-hydroxylation sites is 1. The lowest BCUT2D eigenvalue weighted by molar-refractivity contribution is 0.670. The molecule has 410 valence electrons. The molecule has 0 amide bonds. The molecular formula is C77H61N7O. The molecule has 8 nitrogen and oxygen atoms in total. The van der Waals surface area contributed by atoms with E-state index in [4.69, 9.17) is 14.4 Å². The van der Waals surface area contributed by atoms with Crippen molar-refractivity contribution in [3.05, 3.63) is 298 Å². The molecule has 0 saturated heterocycles. The van der Waals surface area contributed by atoms with Crippen molar-refractivity contribution < 1.29 is 4.42 Å². The summed E-state index contributed by atoms with van der Waals surface area (Å²) in [4.78, 5) is 23.2. The van der Waals surface area contributed by atoms with E-state index >= 15 is 0 Å². The highest BCUT2D eigenvalue weighted by atomic mass is 16.3. The number of pyridine rings is 5. The molecule has 8 aromatic heterocycles. The van der Waals surface area contributed by atoms with Crippen LogP contribution in [0.2, 0.25) is 0 Å². The predicted octanol–water partition coefficient (Wildman–Crippen LogP) is 20.4. The number of fused-ring (bicyclic) bond motifs is 9. The SMILES string of the molecule is C=C/C=C\C=C/C.CC.Cc1ccccn1.c1ccc(-c2ccccc2-c2ccc3c(c2)c2ncccc2n3-c2cccc(-c3cccc4c3oc3ccc(-n5c6ccc(-c7ccccc7-c7ccccn7)cc6c6ncccc65)cc34)c2)nc1. The number of hydrogen-bond acceptors (Lipinski definition) is 6. The van der Waals surface area contributed by atoms with E-state index in [2.05, 4.69) is 201 Å². The molecule has 0 radical (unpaired) electrons. The molecular weight excluding hydrogens is 1040 g/mol. The summed E-state index contributed by atoms with van der Waals surface area (Å²) in [5.41, 5.74) is 21.6. The molecule has 7 aromatic carbocycles. The van der Waals surface area contributed by atoms with E-state index in [1.54, 1.807) is 12.3 Å². The predicted molar refractivity (Wildman–Crippen MR) is 355 cm³/mol. The molecule has 0 saturated carbocycles. The molecule has 0 aliphatic heterocycles. The molecule has 0 unspecified atom stereocenters. The number of nitrogens with zero attached hydrogens (tertiary/aromatic N) is 7. The quantitative estimate of drug-likeness (QED) is 0.134. The third kappa shape index (κ3) is 10.8. The van der Waals surface area contributed by atoms with Crippen molar-refractivity contribution in [1.29, 1.82) is 0 Å². The molecule has 0 bridgehead atoms. The van der Waals surface area contributed by atoms with E-state index in [1.807, 2.05) is 131 Å². The maximum atomic E-state index is 6.82. The van der Waals surface area contributed by atoms with Crippen molar-refractivity contribution >= 4 is 65.8 Å². The highest BCUT2D eigenvalue weighted by Crippen LogP contribution is 2.42. The van der Waals surface area contributed by atoms with Gasteiger partial charge in [0.2, 0.25) is 0 Å². The van der Waals surface area contributed by atoms with Gasteiger partial charge in [-0.2, -0.15) is 0 Å². The third-order valence-corrected chi connectivity index (χ3v) is 14.9. The van der Waals surface area contributed by atoms with Gasteiger partial charge in [-0.1, -0.05) is 160 Å². The molecule has 0 spiro atoms. The highest BCUT2D eigenvalue weighted by molar-refractivity contribution is 6.13. The van der Waals surface area contributed by atoms with Crippen molar-refractivity contribution in [3.8, 4) is 67.3 Å². The molecule has 8 heteroatoms. The average molecular weight is 1100 g/mol. The van der Waals surface area contributed by atoms with Crippen molar-refractivity contribution in [2.45, 2.75) is 27.7 Å². The molecule has 0 N–H and O–H groups in total. The van der Waals surface area contributed by atoms with Gasteiger partial charge < -0.3 is 13.6 Å². The van der Waals surface area contributed by atoms with E-state index in [1.165, 1.54) is 0 Å². The third-order valence-electron chi connectivity index (χ3n) is 14.9. The zero-order valence-corrected chi connectivity index (χ0v) is 47.9. The molecule has 8 heterocycles. The van der Waals surface area contributed by atoms with Gasteiger partial charge in [0.05, 0.1) is 44.5 Å². The van der Waals surface area contributed by atoms with E-state index in [9.17, 15) is 0 Å². The second kappa shape index (κ2) is 25.0. The van der Waals surface area contributed by atoms with Gasteiger partial charge in [-0.25, -0.2) is 0 Å². The Morgan fingerprint density at radius 1 is 0.376 bits per heavy atom. The Morgan fingerprint density at radius 3 is 1.42 bits per heavy atom. The fourth-order valence-electron chi connectivity index (χ4n) is 11.2. The second-order valence-corrected chi connectivity index (χ2v) is 20.0. The van der Waals surface area contributed by atoms with Crippen LogP contribution in [0.4, 0.5) is 0 Å². The second-order valence-electron chi connectivity index (χ2n) is 20.0. The van der Waals surface area contributed by atoms with Crippen LogP contribution >= 0.6 is 0 Å². The van der Waals surface area contributed by atoms with Crippen LogP contribution in [-0.2, 0) is 0 Å². The minimum atomic E-state index is 0.832. The summed E-state index contributed by atoms with van der Waals surface area (Å²) in [6.45, 7) is 11.5. The Kier molecular flexibility index (Phi) is 16.0. The molecule has 0 fully saturated rings. The van der Waals surface area contributed by atoms with Gasteiger partial charge in [0.15, 0.2) is 0 Å². The van der Waals surface area contributed by atoms with Crippen LogP contribution in [0.5, 0.6) is 0 Å². The number of aryl methyl sites for hydroxylation is 1. The number of allylic oxidation sites excluding steroid dienone is 5. The van der Waals surface area contributed by atoms with Crippen LogP contribution in [0.15, 0.2) is 297 Å². The number of benzene rings is 7. The van der Waals surface area contributed by atoms with Gasteiger partial charge in [-0.3, -0.25) is 24.9 Å². The lowest BCUT2D eigenvalue weighted by Gasteiger charge is -2.12. The number of hydrogen-bond donors (Lipinski definition) is 0. The van der Waals surface area contributed by atoms with Crippen molar-refractivity contribution in [2.75, 3.05) is 0 Å². The van der Waals surface area contributed by atoms with Gasteiger partial charge in [-0.05, 0) is 157 Å². The van der Waals surface area contributed by atoms with Crippen LogP contribution in [0.1, 0.15) is 26.5 Å². The van der Waals surface area contributed by atoms with Crippen LogP contribution in [0.3, 0.4) is 0 Å². The molecule has 0 atom stereocenters. The van der Waals surface area contributed by atoms with Crippen molar-refractivity contribution in [1.82, 2.24) is 34.1 Å². The first-order valence-electron chi connectivity index (χ1n) is 28.7. The Bertz CT molecular complexity index is 4900. The number of aromatic nitrogens is 7. The maximum Gasteiger partial charge on any atom is 0.143 e. The van der Waals surface area contributed by atoms with Crippen LogP contribution in [0, 0.1) is 6.92 Å². The molecule has 85 heavy (non-hydrogen) atoms. The summed E-state index contributed by atoms with van der Waals surface area (Å²) in [6, 6.07) is 78.3. The lowest BCUT2D eigenvalue weighted by Crippen LogP contribution is -1.94. The minimum Gasteiger partial charge on any atom is -0.455 e. The zero-order chi connectivity index (χ0) is 58.1. The Balaban J connectivity index is 0.000000392. The van der Waals surface area contributed by atoms with Gasteiger partial charge in [0.1, 0.15) is 11.2 Å². The molecule has 0 aliphatic carbocycles. The Hall–Kier alpha value is -11.1. The average Bonchev–Trinajstić information content (AvgIpc) is 2.97. The standard InChI is InChI=1S/C62H38N6O.C7H10.C6H7N.C2H6/c1-3-17-47(53-21-5-7-31-63-53)44(15-1)40-25-28-55-51(36-40)60-57(23-11-33-65-60)67(55)42-14-9-13-39(35-42)46-19-10-20-49-50-38-43(27-30-59(50)69-62(46)49)68-56-29-26-41(37-52(56)61-58(68)24-12-34-66-61)45-16-2-4-18-48(45)54-22-6-8-32-64-54;1-3-5-7-6-4-2;1-6-4-2-3-5-7-6;1-2/h1-38H;3-7H,1H2,2H3;2-5H,1H3;1-2H3/b;6-4-,7-5-;;. The summed E-state index contributed by atoms with van der Waals surface area (Å²) < 4.78 is 11.5. The van der Waals surface area contributed by atoms with E-state index < -0.39 is 0 Å². The molecule has 0 aliphatic rings. The monoisotopic (exact) mass is 1100 g/mol. The number of furan rings is 1. The van der Waals surface area contributed by atoms with Crippen LogP contribution < -0.4 is 0 Å². The fraction of sp³-hybridized carbons (Fsp3) is 0.0519. The fourth-order valence-corrected chi connectivity index (χ4v) is 11.2. The summed E-state index contributed by atoms with van der Waals surface area (Å²) in [5, 5.41) is 4.28. The van der Waals surface area contributed by atoms with Crippen molar-refractivity contribution in [2.24, 2.45) is 0 Å². The van der Waals surface area contributed by atoms with Gasteiger partial charge >= 0.3 is 0 Å². The van der Waals surface area contributed by atoms with Crippen LogP contribution in [-0.4, -0.2) is 34.1 Å². The first kappa shape index (κ1) is 54.5. The summed E-state index contributed by atoms with van der Waals surface area (Å²) in [5.74, 6) is 0. The van der Waals surface area contributed by atoms with E-state index in [0.29, 0.717) is 0 Å². The van der Waals surface area contributed by atoms with Gasteiger partial charge in [-0.15, -0.1) is 0 Å².